The van der Waals surface area contributed by atoms with Gasteiger partial charge in [-0.1, -0.05) is 12.1 Å². The van der Waals surface area contributed by atoms with Crippen LogP contribution in [0.15, 0.2) is 42.6 Å². The summed E-state index contributed by atoms with van der Waals surface area (Å²) in [6.07, 6.45) is -2.78. The number of benzene rings is 1. The van der Waals surface area contributed by atoms with E-state index >= 15 is 0 Å². The minimum absolute atomic E-state index is 0.0179. The van der Waals surface area contributed by atoms with Crippen molar-refractivity contribution in [2.45, 2.75) is 31.3 Å². The Labute approximate surface area is 194 Å². The molecule has 4 heterocycles. The highest BCUT2D eigenvalue weighted by Crippen LogP contribution is 2.39. The Kier molecular flexibility index (Phi) is 5.75. The molecule has 1 saturated heterocycles. The van der Waals surface area contributed by atoms with Crippen molar-refractivity contribution in [2.24, 2.45) is 5.73 Å². The SMILES string of the molecule is NC1CCN([C@H](c2ccc3nnc(-c4ccc5cc(F)c(OC(F)F)cc5n4)n3c2)C(F)(F)F)C1. The Morgan fingerprint density at radius 2 is 1.89 bits per heavy atom. The number of likely N-dealkylation sites (tertiary alicyclic amines) is 1. The molecular formula is C22H18F6N6O. The molecule has 1 aliphatic rings. The lowest BCUT2D eigenvalue weighted by atomic mass is 10.1. The Hall–Kier alpha value is -3.45. The molecule has 0 bridgehead atoms. The zero-order valence-corrected chi connectivity index (χ0v) is 17.9. The number of aromatic nitrogens is 4. The van der Waals surface area contributed by atoms with Crippen molar-refractivity contribution in [2.75, 3.05) is 13.1 Å². The first-order chi connectivity index (χ1) is 16.6. The molecular weight excluding hydrogens is 478 g/mol. The average Bonchev–Trinajstić information content (AvgIpc) is 3.39. The Balaban J connectivity index is 1.58. The molecule has 2 atom stereocenters. The van der Waals surface area contributed by atoms with Crippen LogP contribution < -0.4 is 10.5 Å². The van der Waals surface area contributed by atoms with E-state index in [4.69, 9.17) is 5.73 Å². The lowest BCUT2D eigenvalue weighted by molar-refractivity contribution is -0.183. The van der Waals surface area contributed by atoms with Gasteiger partial charge >= 0.3 is 12.8 Å². The smallest absolute Gasteiger partial charge is 0.408 e. The van der Waals surface area contributed by atoms with Gasteiger partial charge in [0.05, 0.1) is 5.52 Å². The van der Waals surface area contributed by atoms with Crippen LogP contribution >= 0.6 is 0 Å². The van der Waals surface area contributed by atoms with Gasteiger partial charge in [0.25, 0.3) is 0 Å². The van der Waals surface area contributed by atoms with E-state index in [9.17, 15) is 26.3 Å². The number of nitrogens with two attached hydrogens (primary N) is 1. The second-order valence-corrected chi connectivity index (χ2v) is 8.25. The lowest BCUT2D eigenvalue weighted by Gasteiger charge is -2.30. The van der Waals surface area contributed by atoms with Gasteiger partial charge in [0, 0.05) is 36.8 Å². The average molecular weight is 496 g/mol. The molecule has 0 spiro atoms. The third-order valence-corrected chi connectivity index (χ3v) is 5.86. The molecule has 7 nitrogen and oxygen atoms in total. The molecule has 1 unspecified atom stereocenters. The molecule has 1 fully saturated rings. The van der Waals surface area contributed by atoms with Crippen molar-refractivity contribution in [3.63, 3.8) is 0 Å². The van der Waals surface area contributed by atoms with E-state index in [0.29, 0.717) is 11.8 Å². The second kappa shape index (κ2) is 8.64. The predicted octanol–water partition coefficient (Wildman–Crippen LogP) is 4.32. The predicted molar refractivity (Wildman–Crippen MR) is 113 cm³/mol. The van der Waals surface area contributed by atoms with Crippen LogP contribution in [-0.2, 0) is 0 Å². The highest BCUT2D eigenvalue weighted by Gasteiger charge is 2.46. The molecule has 1 aliphatic heterocycles. The maximum absolute atomic E-state index is 14.0. The fraction of sp³-hybridized carbons (Fsp3) is 0.318. The van der Waals surface area contributed by atoms with E-state index in [1.165, 1.54) is 39.8 Å². The van der Waals surface area contributed by atoms with E-state index in [1.807, 2.05) is 0 Å². The fourth-order valence-electron chi connectivity index (χ4n) is 4.34. The Morgan fingerprint density at radius 1 is 1.09 bits per heavy atom. The maximum Gasteiger partial charge on any atom is 0.408 e. The van der Waals surface area contributed by atoms with Crippen LogP contribution in [-0.4, -0.2) is 56.4 Å². The first kappa shape index (κ1) is 23.3. The number of alkyl halides is 5. The molecule has 0 aliphatic carbocycles. The van der Waals surface area contributed by atoms with Gasteiger partial charge in [-0.15, -0.1) is 10.2 Å². The van der Waals surface area contributed by atoms with Gasteiger partial charge in [-0.05, 0) is 30.2 Å². The Bertz CT molecular complexity index is 1390. The second-order valence-electron chi connectivity index (χ2n) is 8.25. The zero-order chi connectivity index (χ0) is 24.9. The van der Waals surface area contributed by atoms with Crippen LogP contribution in [0.2, 0.25) is 0 Å². The minimum atomic E-state index is -4.54. The molecule has 184 valence electrons. The summed E-state index contributed by atoms with van der Waals surface area (Å²) in [4.78, 5) is 5.62. The van der Waals surface area contributed by atoms with E-state index in [0.717, 1.165) is 12.1 Å². The van der Waals surface area contributed by atoms with Crippen LogP contribution in [0.1, 0.15) is 18.0 Å². The van der Waals surface area contributed by atoms with Crippen molar-refractivity contribution in [3.8, 4) is 17.3 Å². The van der Waals surface area contributed by atoms with E-state index in [1.54, 1.807) is 0 Å². The van der Waals surface area contributed by atoms with Crippen LogP contribution in [0.5, 0.6) is 5.75 Å². The molecule has 3 aromatic heterocycles. The van der Waals surface area contributed by atoms with Gasteiger partial charge in [0.15, 0.2) is 23.0 Å². The summed E-state index contributed by atoms with van der Waals surface area (Å²) in [5, 5.41) is 8.35. The zero-order valence-electron chi connectivity index (χ0n) is 17.9. The third kappa shape index (κ3) is 4.48. The van der Waals surface area contributed by atoms with Crippen LogP contribution in [0.4, 0.5) is 26.3 Å². The summed E-state index contributed by atoms with van der Waals surface area (Å²) < 4.78 is 86.8. The number of hydrogen-bond acceptors (Lipinski definition) is 6. The number of pyridine rings is 2. The molecule has 0 amide bonds. The largest absolute Gasteiger partial charge is 0.432 e. The minimum Gasteiger partial charge on any atom is -0.432 e. The van der Waals surface area contributed by atoms with Crippen molar-refractivity contribution in [1.82, 2.24) is 24.5 Å². The summed E-state index contributed by atoms with van der Waals surface area (Å²) in [7, 11) is 0. The maximum atomic E-state index is 14.0. The molecule has 0 radical (unpaired) electrons. The van der Waals surface area contributed by atoms with Gasteiger partial charge < -0.3 is 10.5 Å². The quantitative estimate of drug-likeness (QED) is 0.415. The number of ether oxygens (including phenoxy) is 1. The van der Waals surface area contributed by atoms with Crippen molar-refractivity contribution < 1.29 is 31.1 Å². The van der Waals surface area contributed by atoms with Gasteiger partial charge in [-0.2, -0.15) is 22.0 Å². The monoisotopic (exact) mass is 496 g/mol. The highest BCUT2D eigenvalue weighted by molar-refractivity contribution is 5.82. The molecule has 5 rings (SSSR count). The van der Waals surface area contributed by atoms with Crippen molar-refractivity contribution in [1.29, 1.82) is 0 Å². The number of rotatable bonds is 5. The fourth-order valence-corrected chi connectivity index (χ4v) is 4.34. The van der Waals surface area contributed by atoms with Crippen LogP contribution in [0.3, 0.4) is 0 Å². The first-order valence-corrected chi connectivity index (χ1v) is 10.6. The van der Waals surface area contributed by atoms with E-state index in [-0.39, 0.29) is 47.4 Å². The number of hydrogen-bond donors (Lipinski definition) is 1. The lowest BCUT2D eigenvalue weighted by Crippen LogP contribution is -2.38. The number of halogens is 6. The highest BCUT2D eigenvalue weighted by atomic mass is 19.4. The van der Waals surface area contributed by atoms with Crippen LogP contribution in [0, 0.1) is 5.82 Å². The molecule has 35 heavy (non-hydrogen) atoms. The topological polar surface area (TPSA) is 81.6 Å². The Morgan fingerprint density at radius 3 is 2.57 bits per heavy atom. The van der Waals surface area contributed by atoms with Gasteiger partial charge in [0.1, 0.15) is 11.7 Å². The summed E-state index contributed by atoms with van der Waals surface area (Å²) in [5.74, 6) is -1.53. The van der Waals surface area contributed by atoms with Crippen LogP contribution in [0.25, 0.3) is 28.1 Å². The molecule has 1 aromatic carbocycles. The van der Waals surface area contributed by atoms with Crippen molar-refractivity contribution >= 4 is 16.6 Å². The van der Waals surface area contributed by atoms with Gasteiger partial charge in [-0.3, -0.25) is 9.30 Å². The van der Waals surface area contributed by atoms with Gasteiger partial charge in [0.2, 0.25) is 0 Å². The van der Waals surface area contributed by atoms with E-state index < -0.39 is 30.4 Å². The molecule has 0 saturated carbocycles. The van der Waals surface area contributed by atoms with Gasteiger partial charge in [-0.25, -0.2) is 9.37 Å². The third-order valence-electron chi connectivity index (χ3n) is 5.86. The summed E-state index contributed by atoms with van der Waals surface area (Å²) in [5.41, 5.74) is 6.43. The number of fused-ring (bicyclic) bond motifs is 2. The summed E-state index contributed by atoms with van der Waals surface area (Å²) >= 11 is 0. The molecule has 4 aromatic rings. The summed E-state index contributed by atoms with van der Waals surface area (Å²) in [6.45, 7) is -2.90. The first-order valence-electron chi connectivity index (χ1n) is 10.6. The summed E-state index contributed by atoms with van der Waals surface area (Å²) in [6, 6.07) is 5.56. The van der Waals surface area contributed by atoms with E-state index in [2.05, 4.69) is 19.9 Å². The molecule has 13 heteroatoms. The molecule has 2 N–H and O–H groups in total. The normalized spacial score (nSPS) is 18.1. The number of nitrogens with zero attached hydrogens (tertiary/aromatic N) is 5. The standard InChI is InChI=1S/C22H18F6N6O/c23-14-7-11-1-3-15(30-16(11)8-17(14)35-21(24)25)20-32-31-18-4-2-12(9-34(18)20)19(22(26,27)28)33-6-5-13(29)10-33/h1-4,7-9,13,19,21H,5-6,10,29H2/t13?,19-/m1/s1. The van der Waals surface area contributed by atoms with Crippen molar-refractivity contribution in [3.05, 3.63) is 54.0 Å².